The van der Waals surface area contributed by atoms with Crippen molar-refractivity contribution in [2.75, 3.05) is 6.54 Å². The lowest BCUT2D eigenvalue weighted by Gasteiger charge is -1.99. The Kier molecular flexibility index (Phi) is 1.87. The number of thiazole rings is 1. The normalized spacial score (nSPS) is 32.0. The van der Waals surface area contributed by atoms with E-state index >= 15 is 0 Å². The van der Waals surface area contributed by atoms with Crippen molar-refractivity contribution in [1.82, 2.24) is 10.3 Å². The zero-order valence-electron chi connectivity index (χ0n) is 7.57. The fourth-order valence-corrected chi connectivity index (χ4v) is 2.46. The van der Waals surface area contributed by atoms with Crippen LogP contribution in [0.5, 0.6) is 0 Å². The van der Waals surface area contributed by atoms with Crippen LogP contribution in [-0.4, -0.2) is 17.6 Å². The van der Waals surface area contributed by atoms with Gasteiger partial charge in [-0.15, -0.1) is 11.3 Å². The fraction of sp³-hybridized carbons (Fsp3) is 0.700. The molecule has 1 N–H and O–H groups in total. The van der Waals surface area contributed by atoms with Gasteiger partial charge in [-0.05, 0) is 31.7 Å². The second-order valence-electron chi connectivity index (χ2n) is 4.20. The predicted octanol–water partition coefficient (Wildman–Crippen LogP) is 2.00. The van der Waals surface area contributed by atoms with Crippen molar-refractivity contribution in [1.29, 1.82) is 0 Å². The van der Waals surface area contributed by atoms with E-state index < -0.39 is 0 Å². The minimum absolute atomic E-state index is 0.775. The van der Waals surface area contributed by atoms with Crippen molar-refractivity contribution < 1.29 is 0 Å². The van der Waals surface area contributed by atoms with E-state index in [2.05, 4.69) is 15.7 Å². The summed E-state index contributed by atoms with van der Waals surface area (Å²) in [5.41, 5.74) is 3.27. The molecule has 3 heteroatoms. The molecule has 0 amide bonds. The Balaban J connectivity index is 1.49. The topological polar surface area (TPSA) is 24.9 Å². The molecule has 0 aliphatic heterocycles. The van der Waals surface area contributed by atoms with Gasteiger partial charge in [-0.1, -0.05) is 0 Å². The molecule has 2 unspecified atom stereocenters. The van der Waals surface area contributed by atoms with Crippen LogP contribution in [0.25, 0.3) is 0 Å². The molecule has 2 aliphatic rings. The first-order chi connectivity index (χ1) is 6.43. The van der Waals surface area contributed by atoms with Gasteiger partial charge in [-0.2, -0.15) is 0 Å². The molecule has 1 aromatic rings. The fourth-order valence-electron chi connectivity index (χ4n) is 1.85. The van der Waals surface area contributed by atoms with Crippen molar-refractivity contribution in [2.24, 2.45) is 5.92 Å². The SMILES string of the molecule is c1nc(C2CC2CNC2CC2)cs1. The van der Waals surface area contributed by atoms with Gasteiger partial charge in [-0.25, -0.2) is 4.98 Å². The monoisotopic (exact) mass is 194 g/mol. The maximum Gasteiger partial charge on any atom is 0.0794 e. The largest absolute Gasteiger partial charge is 0.314 e. The second kappa shape index (κ2) is 3.07. The molecule has 2 saturated carbocycles. The molecule has 0 radical (unpaired) electrons. The van der Waals surface area contributed by atoms with E-state index in [4.69, 9.17) is 0 Å². The van der Waals surface area contributed by atoms with E-state index in [9.17, 15) is 0 Å². The van der Waals surface area contributed by atoms with Crippen LogP contribution in [0.3, 0.4) is 0 Å². The second-order valence-corrected chi connectivity index (χ2v) is 4.92. The van der Waals surface area contributed by atoms with Gasteiger partial charge in [0, 0.05) is 17.3 Å². The van der Waals surface area contributed by atoms with Gasteiger partial charge in [0.05, 0.1) is 11.2 Å². The van der Waals surface area contributed by atoms with Gasteiger partial charge in [0.15, 0.2) is 0 Å². The highest BCUT2D eigenvalue weighted by Crippen LogP contribution is 2.46. The average Bonchev–Trinajstić information content (AvgIpc) is 3.04. The maximum absolute atomic E-state index is 4.36. The van der Waals surface area contributed by atoms with Crippen LogP contribution < -0.4 is 5.32 Å². The Morgan fingerprint density at radius 2 is 2.46 bits per heavy atom. The third-order valence-corrected chi connectivity index (χ3v) is 3.60. The molecule has 1 heterocycles. The summed E-state index contributed by atoms with van der Waals surface area (Å²) in [6, 6.07) is 0.858. The summed E-state index contributed by atoms with van der Waals surface area (Å²) in [4.78, 5) is 4.36. The number of rotatable bonds is 4. The molecule has 2 atom stereocenters. The van der Waals surface area contributed by atoms with Crippen molar-refractivity contribution in [2.45, 2.75) is 31.2 Å². The Bertz CT molecular complexity index is 279. The molecule has 1 aromatic heterocycles. The van der Waals surface area contributed by atoms with Crippen LogP contribution in [0, 0.1) is 5.92 Å². The van der Waals surface area contributed by atoms with Gasteiger partial charge in [0.2, 0.25) is 0 Å². The van der Waals surface area contributed by atoms with Crippen LogP contribution >= 0.6 is 11.3 Å². The number of nitrogens with zero attached hydrogens (tertiary/aromatic N) is 1. The number of nitrogens with one attached hydrogen (secondary N) is 1. The van der Waals surface area contributed by atoms with Gasteiger partial charge in [0.25, 0.3) is 0 Å². The van der Waals surface area contributed by atoms with Crippen LogP contribution in [0.2, 0.25) is 0 Å². The summed E-state index contributed by atoms with van der Waals surface area (Å²) in [5, 5.41) is 5.78. The van der Waals surface area contributed by atoms with E-state index in [1.165, 1.54) is 31.5 Å². The molecular weight excluding hydrogens is 180 g/mol. The van der Waals surface area contributed by atoms with Crippen LogP contribution in [-0.2, 0) is 0 Å². The molecule has 3 rings (SSSR count). The highest BCUT2D eigenvalue weighted by atomic mass is 32.1. The lowest BCUT2D eigenvalue weighted by Crippen LogP contribution is -2.19. The molecule has 0 bridgehead atoms. The third-order valence-electron chi connectivity index (χ3n) is 3.00. The first kappa shape index (κ1) is 7.94. The Labute approximate surface area is 82.4 Å². The Morgan fingerprint density at radius 1 is 1.54 bits per heavy atom. The molecular formula is C10H14N2S. The van der Waals surface area contributed by atoms with Gasteiger partial charge in [-0.3, -0.25) is 0 Å². The number of aromatic nitrogens is 1. The van der Waals surface area contributed by atoms with Gasteiger partial charge < -0.3 is 5.32 Å². The molecule has 0 saturated heterocycles. The quantitative estimate of drug-likeness (QED) is 0.793. The van der Waals surface area contributed by atoms with Crippen molar-refractivity contribution in [3.05, 3.63) is 16.6 Å². The Hall–Kier alpha value is -0.410. The predicted molar refractivity (Wildman–Crippen MR) is 54.0 cm³/mol. The summed E-state index contributed by atoms with van der Waals surface area (Å²) in [6.07, 6.45) is 4.14. The number of hydrogen-bond acceptors (Lipinski definition) is 3. The number of hydrogen-bond donors (Lipinski definition) is 1. The zero-order chi connectivity index (χ0) is 8.67. The van der Waals surface area contributed by atoms with E-state index in [1.54, 1.807) is 11.3 Å². The van der Waals surface area contributed by atoms with Crippen molar-refractivity contribution >= 4 is 11.3 Å². The minimum Gasteiger partial charge on any atom is -0.314 e. The molecule has 0 spiro atoms. The standard InChI is InChI=1S/C10H14N2S/c1-2-8(1)11-4-7-3-9(7)10-5-13-6-12-10/h5-9,11H,1-4H2. The van der Waals surface area contributed by atoms with Crippen LogP contribution in [0.1, 0.15) is 30.9 Å². The zero-order valence-corrected chi connectivity index (χ0v) is 8.39. The van der Waals surface area contributed by atoms with Gasteiger partial charge in [0.1, 0.15) is 0 Å². The summed E-state index contributed by atoms with van der Waals surface area (Å²) < 4.78 is 0. The first-order valence-corrected chi connectivity index (χ1v) is 5.99. The average molecular weight is 194 g/mol. The first-order valence-electron chi connectivity index (χ1n) is 5.05. The van der Waals surface area contributed by atoms with E-state index in [-0.39, 0.29) is 0 Å². The van der Waals surface area contributed by atoms with Crippen molar-refractivity contribution in [3.63, 3.8) is 0 Å². The molecule has 13 heavy (non-hydrogen) atoms. The molecule has 2 nitrogen and oxygen atoms in total. The maximum atomic E-state index is 4.36. The highest BCUT2D eigenvalue weighted by molar-refractivity contribution is 7.07. The third kappa shape index (κ3) is 1.76. The van der Waals surface area contributed by atoms with Gasteiger partial charge >= 0.3 is 0 Å². The smallest absolute Gasteiger partial charge is 0.0794 e. The molecule has 2 aliphatic carbocycles. The minimum atomic E-state index is 0.775. The summed E-state index contributed by atoms with van der Waals surface area (Å²) in [5.74, 6) is 1.65. The Morgan fingerprint density at radius 3 is 3.15 bits per heavy atom. The van der Waals surface area contributed by atoms with E-state index in [0.29, 0.717) is 0 Å². The van der Waals surface area contributed by atoms with Crippen LogP contribution in [0.4, 0.5) is 0 Å². The lowest BCUT2D eigenvalue weighted by molar-refractivity contribution is 0.622. The van der Waals surface area contributed by atoms with Crippen LogP contribution in [0.15, 0.2) is 10.9 Å². The van der Waals surface area contributed by atoms with Crippen molar-refractivity contribution in [3.8, 4) is 0 Å². The molecule has 2 fully saturated rings. The molecule has 0 aromatic carbocycles. The van der Waals surface area contributed by atoms with E-state index in [1.807, 2.05) is 5.51 Å². The van der Waals surface area contributed by atoms with E-state index in [0.717, 1.165) is 17.9 Å². The summed E-state index contributed by atoms with van der Waals surface area (Å²) >= 11 is 1.72. The lowest BCUT2D eigenvalue weighted by atomic mass is 10.2. The summed E-state index contributed by atoms with van der Waals surface area (Å²) in [6.45, 7) is 1.22. The highest BCUT2D eigenvalue weighted by Gasteiger charge is 2.40. The molecule has 70 valence electrons. The summed E-state index contributed by atoms with van der Waals surface area (Å²) in [7, 11) is 0.